The summed E-state index contributed by atoms with van der Waals surface area (Å²) in [6.07, 6.45) is 91.4. The molecular weight excluding hydrogens is 1640 g/mol. The van der Waals surface area contributed by atoms with E-state index < -0.39 is 0 Å². The van der Waals surface area contributed by atoms with Gasteiger partial charge in [-0.1, -0.05) is 462 Å². The van der Waals surface area contributed by atoms with E-state index in [1.165, 1.54) is 486 Å². The van der Waals surface area contributed by atoms with Crippen LogP contribution in [0.5, 0.6) is 0 Å². The van der Waals surface area contributed by atoms with Gasteiger partial charge in [-0.3, -0.25) is 0 Å². The van der Waals surface area contributed by atoms with Crippen LogP contribution >= 0.6 is 91.5 Å². The monoisotopic (exact) mass is 1810 g/mol. The Labute approximate surface area is 775 Å². The molecule has 678 valence electrons. The SMILES string of the molecule is CCCCCCCCCCCCCCc1cc(C)sc1-c1nc2sc(-c3sc(-c4sc(-c5cc6c(cc(-c7nc(CC(CCCCCCCCCC)CCCCCCCCCCCC)c(C)s7)c7nsnc76)c6nsnc56)nc4CC(CCCCCCCCCC)CCCCCCCCCCCC)cc3CCCCCCCCCCCCCC)nc2s1. The molecule has 2 unspecified atom stereocenters. The summed E-state index contributed by atoms with van der Waals surface area (Å²) in [6, 6.07) is 9.84. The van der Waals surface area contributed by atoms with Crippen molar-refractivity contribution < 1.29 is 0 Å². The quantitative estimate of drug-likeness (QED) is 0.0347. The van der Waals surface area contributed by atoms with Crippen LogP contribution in [0.25, 0.3) is 93.2 Å². The fourth-order valence-corrected chi connectivity index (χ4v) is 27.0. The minimum atomic E-state index is 0.568. The molecule has 0 spiro atoms. The van der Waals surface area contributed by atoms with Crippen LogP contribution in [0.1, 0.15) is 485 Å². The molecule has 0 N–H and O–H groups in total. The van der Waals surface area contributed by atoms with E-state index in [1.807, 2.05) is 68.0 Å². The van der Waals surface area contributed by atoms with Crippen LogP contribution in [0.4, 0.5) is 0 Å². The number of unbranched alkanes of at least 4 members (excludes halogenated alkanes) is 54. The number of rotatable bonds is 75. The summed E-state index contributed by atoms with van der Waals surface area (Å²) in [5.41, 5.74) is 11.4. The zero-order valence-corrected chi connectivity index (χ0v) is 84.9. The van der Waals surface area contributed by atoms with Crippen molar-refractivity contribution in [2.75, 3.05) is 0 Å². The maximum Gasteiger partial charge on any atom is 0.155 e. The molecule has 8 heterocycles. The van der Waals surface area contributed by atoms with E-state index >= 15 is 0 Å². The summed E-state index contributed by atoms with van der Waals surface area (Å²) in [4.78, 5) is 33.2. The molecule has 122 heavy (non-hydrogen) atoms. The second-order valence-corrected chi connectivity index (χ2v) is 44.9. The number of thiophene rings is 2. The highest BCUT2D eigenvalue weighted by Gasteiger charge is 2.29. The first-order valence-corrected chi connectivity index (χ1v) is 57.9. The van der Waals surface area contributed by atoms with Crippen molar-refractivity contribution >= 4 is 134 Å². The van der Waals surface area contributed by atoms with E-state index in [0.717, 1.165) is 99.3 Å². The van der Waals surface area contributed by atoms with E-state index in [0.29, 0.717) is 11.8 Å². The van der Waals surface area contributed by atoms with E-state index in [4.69, 9.17) is 37.4 Å². The molecule has 8 aromatic heterocycles. The summed E-state index contributed by atoms with van der Waals surface area (Å²) in [5, 5.41) is 6.58. The Balaban J connectivity index is 0.960. The number of aromatic nitrogens is 8. The van der Waals surface area contributed by atoms with Crippen LogP contribution < -0.4 is 0 Å². The van der Waals surface area contributed by atoms with Crippen LogP contribution in [0, 0.1) is 25.7 Å². The van der Waals surface area contributed by atoms with Gasteiger partial charge in [0.05, 0.1) is 49.5 Å². The van der Waals surface area contributed by atoms with Crippen molar-refractivity contribution in [2.24, 2.45) is 11.8 Å². The van der Waals surface area contributed by atoms with Crippen molar-refractivity contribution in [3.63, 3.8) is 0 Å². The molecule has 0 saturated carbocycles. The smallest absolute Gasteiger partial charge is 0.155 e. The molecule has 0 saturated heterocycles. The third kappa shape index (κ3) is 34.4. The predicted molar refractivity (Wildman–Crippen MR) is 550 cm³/mol. The van der Waals surface area contributed by atoms with Gasteiger partial charge in [0.1, 0.15) is 42.1 Å². The number of fused-ring (bicyclic) bond motifs is 6. The first kappa shape index (κ1) is 101. The van der Waals surface area contributed by atoms with Crippen molar-refractivity contribution in [2.45, 2.75) is 492 Å². The predicted octanol–water partition coefficient (Wildman–Crippen LogP) is 39.4. The van der Waals surface area contributed by atoms with E-state index in [2.05, 4.69) is 79.7 Å². The van der Waals surface area contributed by atoms with Gasteiger partial charge in [-0.2, -0.15) is 17.5 Å². The molecule has 10 aromatic rings. The Morgan fingerprint density at radius 2 is 0.549 bits per heavy atom. The Kier molecular flexibility index (Phi) is 49.8. The zero-order valence-electron chi connectivity index (χ0n) is 78.4. The highest BCUT2D eigenvalue weighted by atomic mass is 32.1. The van der Waals surface area contributed by atoms with Crippen LogP contribution in [-0.4, -0.2) is 37.4 Å². The van der Waals surface area contributed by atoms with Gasteiger partial charge in [0, 0.05) is 36.5 Å². The van der Waals surface area contributed by atoms with Crippen molar-refractivity contribution in [3.05, 3.63) is 56.5 Å². The minimum Gasteiger partial charge on any atom is -0.241 e. The molecule has 0 bridgehead atoms. The molecule has 0 aliphatic carbocycles. The van der Waals surface area contributed by atoms with E-state index in [1.54, 1.807) is 0 Å². The lowest BCUT2D eigenvalue weighted by atomic mass is 9.90. The molecule has 0 aliphatic rings. The number of aryl methyl sites for hydroxylation is 4. The van der Waals surface area contributed by atoms with Crippen molar-refractivity contribution in [3.8, 4) is 50.7 Å². The topological polar surface area (TPSA) is 103 Å². The molecule has 16 heteroatoms. The highest BCUT2D eigenvalue weighted by molar-refractivity contribution is 7.32. The third-order valence-corrected chi connectivity index (χ3v) is 34.7. The van der Waals surface area contributed by atoms with Crippen LogP contribution in [0.3, 0.4) is 0 Å². The van der Waals surface area contributed by atoms with E-state index in [9.17, 15) is 0 Å². The molecule has 0 amide bonds. The van der Waals surface area contributed by atoms with Gasteiger partial charge in [0.25, 0.3) is 0 Å². The summed E-state index contributed by atoms with van der Waals surface area (Å²) < 4.78 is 21.0. The lowest BCUT2D eigenvalue weighted by Gasteiger charge is -2.17. The van der Waals surface area contributed by atoms with Gasteiger partial charge in [-0.05, 0) is 99.6 Å². The van der Waals surface area contributed by atoms with Gasteiger partial charge < -0.3 is 0 Å². The first-order chi connectivity index (χ1) is 60.2. The van der Waals surface area contributed by atoms with Gasteiger partial charge in [0.15, 0.2) is 9.66 Å². The Morgan fingerprint density at radius 1 is 0.254 bits per heavy atom. The van der Waals surface area contributed by atoms with Crippen LogP contribution in [0.2, 0.25) is 0 Å². The second-order valence-electron chi connectivity index (χ2n) is 37.4. The minimum absolute atomic E-state index is 0.568. The molecule has 0 fully saturated rings. The molecule has 2 atom stereocenters. The standard InChI is InChI=1S/C106H166N8S8/c1-9-15-21-27-33-39-43-45-49-55-61-67-73-85-75-81(7)115-98(85)103-109-105-106(119-103)110-104(120-105)99-86(74-68-62-56-50-46-44-40-34-28-22-16-10-2)78-93(117-99)100-92(77-84(71-65-58-52-38-32-26-20-14-6)72-66-60-54-48-42-36-30-24-18-12-4)108-102(118-100)90-80-88-87(95-97(90)114-122-112-95)79-89(96-94(88)111-121-113-96)101-107-91(82(8)116-101)76-83(69-63-57-51-37-31-25-19-13-5)70-64-59-53-47-41-35-29-23-17-11-3/h75,78-80,83-84H,9-74,76-77H2,1-8H3. The maximum atomic E-state index is 6.05. The fourth-order valence-electron chi connectivity index (χ4n) is 19.1. The van der Waals surface area contributed by atoms with Crippen molar-refractivity contribution in [1.82, 2.24) is 37.4 Å². The molecule has 10 rings (SSSR count). The highest BCUT2D eigenvalue weighted by Crippen LogP contribution is 2.50. The lowest BCUT2D eigenvalue weighted by Crippen LogP contribution is -2.07. The van der Waals surface area contributed by atoms with Gasteiger partial charge in [-0.25, -0.2) is 19.9 Å². The Hall–Kier alpha value is -3.48. The molecule has 2 aromatic carbocycles. The summed E-state index contributed by atoms with van der Waals surface area (Å²) >= 11 is 14.1. The lowest BCUT2D eigenvalue weighted by molar-refractivity contribution is 0.397. The van der Waals surface area contributed by atoms with Crippen molar-refractivity contribution in [1.29, 1.82) is 0 Å². The fraction of sp³-hybridized carbons (Fsp3) is 0.736. The third-order valence-electron chi connectivity index (χ3n) is 26.7. The number of thiazole rings is 4. The molecule has 8 nitrogen and oxygen atoms in total. The Bertz CT molecular complexity index is 4350. The first-order valence-electron chi connectivity index (χ1n) is 51.5. The average Bonchev–Trinajstić information content (AvgIpc) is 1.54. The summed E-state index contributed by atoms with van der Waals surface area (Å²) in [5.74, 6) is 1.23. The van der Waals surface area contributed by atoms with Crippen LogP contribution in [-0.2, 0) is 25.7 Å². The largest absolute Gasteiger partial charge is 0.241 e. The Morgan fingerprint density at radius 3 is 0.910 bits per heavy atom. The van der Waals surface area contributed by atoms with Gasteiger partial charge in [-0.15, -0.1) is 45.3 Å². The molecule has 0 radical (unpaired) electrons. The van der Waals surface area contributed by atoms with Gasteiger partial charge >= 0.3 is 0 Å². The molecular formula is C106H166N8S8. The number of hydrogen-bond donors (Lipinski definition) is 0. The van der Waals surface area contributed by atoms with Gasteiger partial charge in [0.2, 0.25) is 0 Å². The summed E-state index contributed by atoms with van der Waals surface area (Å²) in [6.45, 7) is 18.6. The second kappa shape index (κ2) is 60.4. The maximum absolute atomic E-state index is 6.05. The molecule has 0 aliphatic heterocycles. The normalized spacial score (nSPS) is 12.6. The van der Waals surface area contributed by atoms with E-state index in [-0.39, 0.29) is 0 Å². The number of hydrogen-bond acceptors (Lipinski definition) is 16. The van der Waals surface area contributed by atoms with Crippen LogP contribution in [0.15, 0.2) is 24.3 Å². The number of benzene rings is 2. The summed E-state index contributed by atoms with van der Waals surface area (Å²) in [7, 11) is 0. The average molecular weight is 1810 g/mol. The number of nitrogens with zero attached hydrogens (tertiary/aromatic N) is 8. The zero-order chi connectivity index (χ0) is 85.2.